The van der Waals surface area contributed by atoms with Crippen molar-refractivity contribution >= 4 is 29.9 Å². The number of hydrogen-bond acceptors (Lipinski definition) is 3. The van der Waals surface area contributed by atoms with Crippen LogP contribution in [0.3, 0.4) is 0 Å². The van der Waals surface area contributed by atoms with Gasteiger partial charge in [0.05, 0.1) is 0 Å². The first-order valence-electron chi connectivity index (χ1n) is 9.01. The van der Waals surface area contributed by atoms with E-state index in [2.05, 4.69) is 36.4 Å². The first kappa shape index (κ1) is 22.9. The number of hydrogen-bond donors (Lipinski definition) is 3. The van der Waals surface area contributed by atoms with E-state index >= 15 is 0 Å². The van der Waals surface area contributed by atoms with Crippen molar-refractivity contribution in [1.82, 2.24) is 15.5 Å². The van der Waals surface area contributed by atoms with Gasteiger partial charge in [-0.25, -0.2) is 0 Å². The van der Waals surface area contributed by atoms with Gasteiger partial charge in [0.2, 0.25) is 0 Å². The van der Waals surface area contributed by atoms with Crippen molar-refractivity contribution in [2.75, 3.05) is 46.4 Å². The second-order valence-corrected chi connectivity index (χ2v) is 6.54. The topological polar surface area (TPSA) is 59.9 Å². The van der Waals surface area contributed by atoms with Crippen molar-refractivity contribution in [1.29, 1.82) is 0 Å². The molecule has 2 unspecified atom stereocenters. The van der Waals surface area contributed by atoms with Gasteiger partial charge >= 0.3 is 0 Å². The fourth-order valence-electron chi connectivity index (χ4n) is 3.16. The lowest BCUT2D eigenvalue weighted by Gasteiger charge is -2.30. The summed E-state index contributed by atoms with van der Waals surface area (Å²) in [5.74, 6) is 2.13. The quantitative estimate of drug-likeness (QED) is 0.293. The van der Waals surface area contributed by atoms with Gasteiger partial charge in [0.15, 0.2) is 5.96 Å². The Morgan fingerprint density at radius 3 is 2.70 bits per heavy atom. The summed E-state index contributed by atoms with van der Waals surface area (Å²) in [6.45, 7) is 9.64. The molecule has 1 rings (SSSR count). The zero-order chi connectivity index (χ0) is 16.2. The second-order valence-electron chi connectivity index (χ2n) is 6.54. The number of piperidine rings is 1. The van der Waals surface area contributed by atoms with Gasteiger partial charge in [-0.3, -0.25) is 4.99 Å². The highest BCUT2D eigenvalue weighted by atomic mass is 127. The van der Waals surface area contributed by atoms with Crippen LogP contribution in [0, 0.1) is 11.8 Å². The Bertz CT molecular complexity index is 309. The van der Waals surface area contributed by atoms with Gasteiger partial charge in [-0.2, -0.15) is 0 Å². The van der Waals surface area contributed by atoms with Gasteiger partial charge < -0.3 is 20.6 Å². The van der Waals surface area contributed by atoms with Crippen LogP contribution in [-0.4, -0.2) is 62.3 Å². The summed E-state index contributed by atoms with van der Waals surface area (Å²) in [4.78, 5) is 7.14. The molecule has 0 aromatic carbocycles. The number of nitrogens with zero attached hydrogens (tertiary/aromatic N) is 2. The molecule has 0 amide bonds. The molecular formula is C17H37IN4O. The molecule has 0 bridgehead atoms. The van der Waals surface area contributed by atoms with E-state index in [1.165, 1.54) is 25.9 Å². The number of aliphatic imine (C=N–C) groups is 1. The summed E-state index contributed by atoms with van der Waals surface area (Å²) in [6.07, 6.45) is 5.74. The van der Waals surface area contributed by atoms with E-state index in [1.807, 2.05) is 0 Å². The third-order valence-corrected chi connectivity index (χ3v) is 4.37. The van der Waals surface area contributed by atoms with Crippen LogP contribution in [0.1, 0.15) is 46.0 Å². The van der Waals surface area contributed by atoms with E-state index in [-0.39, 0.29) is 30.6 Å². The zero-order valence-electron chi connectivity index (χ0n) is 15.2. The number of likely N-dealkylation sites (tertiary alicyclic amines) is 1. The maximum absolute atomic E-state index is 9.15. The third-order valence-electron chi connectivity index (χ3n) is 4.37. The first-order valence-corrected chi connectivity index (χ1v) is 9.01. The molecule has 1 aliphatic rings. The normalized spacial score (nSPS) is 20.7. The molecule has 23 heavy (non-hydrogen) atoms. The molecule has 0 aromatic rings. The highest BCUT2D eigenvalue weighted by Gasteiger charge is 2.17. The number of nitrogens with one attached hydrogen (secondary N) is 2. The minimum Gasteiger partial charge on any atom is -0.396 e. The summed E-state index contributed by atoms with van der Waals surface area (Å²) in [7, 11) is 2.20. The summed E-state index contributed by atoms with van der Waals surface area (Å²) < 4.78 is 0. The molecular weight excluding hydrogens is 403 g/mol. The number of aliphatic hydroxyl groups excluding tert-OH is 1. The van der Waals surface area contributed by atoms with Gasteiger partial charge in [0.1, 0.15) is 0 Å². The van der Waals surface area contributed by atoms with Gasteiger partial charge in [-0.1, -0.05) is 13.3 Å². The predicted octanol–water partition coefficient (Wildman–Crippen LogP) is 2.30. The molecule has 1 aliphatic heterocycles. The van der Waals surface area contributed by atoms with Gasteiger partial charge in [0, 0.05) is 32.8 Å². The third kappa shape index (κ3) is 10.4. The van der Waals surface area contributed by atoms with Crippen LogP contribution in [0.15, 0.2) is 4.99 Å². The number of aliphatic hydroxyl groups is 1. The fourth-order valence-corrected chi connectivity index (χ4v) is 3.16. The maximum atomic E-state index is 9.15. The van der Waals surface area contributed by atoms with Crippen molar-refractivity contribution in [2.45, 2.75) is 46.0 Å². The lowest BCUT2D eigenvalue weighted by molar-refractivity contribution is 0.210. The maximum Gasteiger partial charge on any atom is 0.191 e. The van der Waals surface area contributed by atoms with Gasteiger partial charge in [0.25, 0.3) is 0 Å². The summed E-state index contributed by atoms with van der Waals surface area (Å²) >= 11 is 0. The Hall–Kier alpha value is -0.0800. The van der Waals surface area contributed by atoms with Crippen LogP contribution in [-0.2, 0) is 0 Å². The Morgan fingerprint density at radius 2 is 2.09 bits per heavy atom. The molecule has 1 fully saturated rings. The Labute approximate surface area is 159 Å². The van der Waals surface area contributed by atoms with Crippen LogP contribution >= 0.6 is 24.0 Å². The molecule has 2 atom stereocenters. The molecule has 5 nitrogen and oxygen atoms in total. The molecule has 0 saturated carbocycles. The molecule has 0 aliphatic carbocycles. The Kier molecular flexibility index (Phi) is 14.2. The van der Waals surface area contributed by atoms with Crippen molar-refractivity contribution in [3.05, 3.63) is 0 Å². The van der Waals surface area contributed by atoms with Crippen molar-refractivity contribution in [3.63, 3.8) is 0 Å². The summed E-state index contributed by atoms with van der Waals surface area (Å²) in [5, 5.41) is 16.0. The first-order chi connectivity index (χ1) is 10.7. The number of rotatable bonds is 9. The SMILES string of the molecule is CCCC(CCO)CN=C(NCC)NCC1CCCN(C)C1.I. The molecule has 1 heterocycles. The number of guanidine groups is 1. The minimum absolute atomic E-state index is 0. The van der Waals surface area contributed by atoms with Crippen molar-refractivity contribution < 1.29 is 5.11 Å². The van der Waals surface area contributed by atoms with E-state index in [0.29, 0.717) is 11.8 Å². The van der Waals surface area contributed by atoms with E-state index in [0.717, 1.165) is 44.9 Å². The lowest BCUT2D eigenvalue weighted by atomic mass is 9.98. The van der Waals surface area contributed by atoms with E-state index in [9.17, 15) is 0 Å². The molecule has 138 valence electrons. The highest BCUT2D eigenvalue weighted by molar-refractivity contribution is 14.0. The standard InChI is InChI=1S/C17H36N4O.HI/c1-4-7-15(9-11-22)12-19-17(18-5-2)20-13-16-8-6-10-21(3)14-16;/h15-16,22H,4-14H2,1-3H3,(H2,18,19,20);1H. The Balaban J connectivity index is 0.00000484. The van der Waals surface area contributed by atoms with E-state index < -0.39 is 0 Å². The second kappa shape index (κ2) is 14.3. The van der Waals surface area contributed by atoms with Crippen LogP contribution in [0.2, 0.25) is 0 Å². The lowest BCUT2D eigenvalue weighted by Crippen LogP contribution is -2.43. The molecule has 1 saturated heterocycles. The minimum atomic E-state index is 0. The fraction of sp³-hybridized carbons (Fsp3) is 0.941. The average Bonchev–Trinajstić information content (AvgIpc) is 2.50. The van der Waals surface area contributed by atoms with Crippen LogP contribution in [0.5, 0.6) is 0 Å². The monoisotopic (exact) mass is 440 g/mol. The van der Waals surface area contributed by atoms with Crippen LogP contribution < -0.4 is 10.6 Å². The summed E-state index contributed by atoms with van der Waals surface area (Å²) in [6, 6.07) is 0. The molecule has 0 radical (unpaired) electrons. The van der Waals surface area contributed by atoms with Gasteiger partial charge in [-0.05, 0) is 58.0 Å². The van der Waals surface area contributed by atoms with E-state index in [4.69, 9.17) is 10.1 Å². The zero-order valence-corrected chi connectivity index (χ0v) is 17.5. The average molecular weight is 440 g/mol. The molecule has 0 spiro atoms. The smallest absolute Gasteiger partial charge is 0.191 e. The molecule has 6 heteroatoms. The van der Waals surface area contributed by atoms with Gasteiger partial charge in [-0.15, -0.1) is 24.0 Å². The predicted molar refractivity (Wildman–Crippen MR) is 110 cm³/mol. The summed E-state index contributed by atoms with van der Waals surface area (Å²) in [5.41, 5.74) is 0. The Morgan fingerprint density at radius 1 is 1.30 bits per heavy atom. The number of halogens is 1. The van der Waals surface area contributed by atoms with Crippen LogP contribution in [0.4, 0.5) is 0 Å². The van der Waals surface area contributed by atoms with Crippen molar-refractivity contribution in [3.8, 4) is 0 Å². The van der Waals surface area contributed by atoms with Crippen molar-refractivity contribution in [2.24, 2.45) is 16.8 Å². The van der Waals surface area contributed by atoms with E-state index in [1.54, 1.807) is 0 Å². The largest absolute Gasteiger partial charge is 0.396 e. The highest BCUT2D eigenvalue weighted by Crippen LogP contribution is 2.14. The molecule has 3 N–H and O–H groups in total. The van der Waals surface area contributed by atoms with Crippen LogP contribution in [0.25, 0.3) is 0 Å². The molecule has 0 aromatic heterocycles.